The van der Waals surface area contributed by atoms with Crippen LogP contribution in [0.1, 0.15) is 38.0 Å². The topological polar surface area (TPSA) is 58.4 Å². The zero-order valence-electron chi connectivity index (χ0n) is 15.8. The molecular weight excluding hydrogens is 404 g/mol. The highest BCUT2D eigenvalue weighted by Crippen LogP contribution is 2.29. The van der Waals surface area contributed by atoms with Gasteiger partial charge in [-0.25, -0.2) is 9.37 Å². The smallest absolute Gasteiger partial charge is 0.223 e. The van der Waals surface area contributed by atoms with E-state index in [2.05, 4.69) is 10.3 Å². The van der Waals surface area contributed by atoms with Gasteiger partial charge in [0, 0.05) is 38.0 Å². The normalized spacial score (nSPS) is 22.9. The lowest BCUT2D eigenvalue weighted by Gasteiger charge is -2.35. The number of amides is 1. The third-order valence-electron chi connectivity index (χ3n) is 5.63. The van der Waals surface area contributed by atoms with E-state index in [0.29, 0.717) is 48.2 Å². The van der Waals surface area contributed by atoms with Crippen LogP contribution in [0.15, 0.2) is 34.9 Å². The summed E-state index contributed by atoms with van der Waals surface area (Å²) >= 11 is 0. The average molecular weight is 430 g/mol. The first-order valence-corrected chi connectivity index (χ1v) is 9.31. The lowest BCUT2D eigenvalue weighted by molar-refractivity contribution is -0.132. The number of hydrogen-bond donors (Lipinski definition) is 1. The summed E-state index contributed by atoms with van der Waals surface area (Å²) in [6.45, 7) is 0. The van der Waals surface area contributed by atoms with Crippen LogP contribution in [0.25, 0.3) is 11.3 Å². The molecule has 154 valence electrons. The van der Waals surface area contributed by atoms with Crippen LogP contribution < -0.4 is 5.32 Å². The molecule has 1 aromatic heterocycles. The molecule has 2 fully saturated rings. The van der Waals surface area contributed by atoms with Crippen molar-refractivity contribution in [2.75, 3.05) is 7.05 Å². The van der Waals surface area contributed by atoms with Crippen LogP contribution >= 0.6 is 24.8 Å². The van der Waals surface area contributed by atoms with E-state index in [9.17, 15) is 9.18 Å². The Morgan fingerprint density at radius 1 is 1.25 bits per heavy atom. The Kier molecular flexibility index (Phi) is 7.87. The van der Waals surface area contributed by atoms with Crippen LogP contribution in [0.3, 0.4) is 0 Å². The number of fused-ring (bicyclic) bond motifs is 2. The van der Waals surface area contributed by atoms with Gasteiger partial charge in [-0.2, -0.15) is 0 Å². The second-order valence-corrected chi connectivity index (χ2v) is 7.37. The van der Waals surface area contributed by atoms with Crippen molar-refractivity contribution < 1.29 is 13.6 Å². The van der Waals surface area contributed by atoms with Crippen molar-refractivity contribution >= 4 is 30.7 Å². The van der Waals surface area contributed by atoms with Crippen LogP contribution in [0.2, 0.25) is 0 Å². The summed E-state index contributed by atoms with van der Waals surface area (Å²) in [5, 5.41) is 3.60. The molecule has 28 heavy (non-hydrogen) atoms. The van der Waals surface area contributed by atoms with Crippen LogP contribution in [-0.4, -0.2) is 41.0 Å². The SMILES string of the molecule is CN(C(=O)CCc1ncc(-c2ccccc2F)o1)C1CC2CCC(C1)N2.Cl.Cl. The van der Waals surface area contributed by atoms with Crippen LogP contribution in [0.4, 0.5) is 4.39 Å². The Morgan fingerprint density at radius 2 is 1.93 bits per heavy atom. The fraction of sp³-hybridized carbons (Fsp3) is 0.500. The molecule has 2 aliphatic rings. The summed E-state index contributed by atoms with van der Waals surface area (Å²) < 4.78 is 19.5. The lowest BCUT2D eigenvalue weighted by Crippen LogP contribution is -2.48. The largest absolute Gasteiger partial charge is 0.441 e. The van der Waals surface area contributed by atoms with Crippen molar-refractivity contribution in [3.8, 4) is 11.3 Å². The number of piperidine rings is 1. The first-order chi connectivity index (χ1) is 12.6. The highest BCUT2D eigenvalue weighted by atomic mass is 35.5. The van der Waals surface area contributed by atoms with Gasteiger partial charge in [-0.15, -0.1) is 24.8 Å². The van der Waals surface area contributed by atoms with Crippen LogP contribution in [-0.2, 0) is 11.2 Å². The van der Waals surface area contributed by atoms with Gasteiger partial charge in [-0.3, -0.25) is 4.79 Å². The number of nitrogens with zero attached hydrogens (tertiary/aromatic N) is 2. The number of benzene rings is 1. The van der Waals surface area contributed by atoms with Crippen molar-refractivity contribution in [2.45, 2.75) is 56.7 Å². The third kappa shape index (κ3) is 4.85. The number of carbonyl (C=O) groups excluding carboxylic acids is 1. The van der Waals surface area contributed by atoms with Crippen molar-refractivity contribution in [1.29, 1.82) is 0 Å². The Morgan fingerprint density at radius 3 is 2.61 bits per heavy atom. The fourth-order valence-corrected chi connectivity index (χ4v) is 4.15. The Bertz CT molecular complexity index is 789. The second-order valence-electron chi connectivity index (χ2n) is 7.37. The molecule has 2 bridgehead atoms. The molecule has 0 aliphatic carbocycles. The van der Waals surface area contributed by atoms with E-state index >= 15 is 0 Å². The van der Waals surface area contributed by atoms with Crippen molar-refractivity contribution in [3.05, 3.63) is 42.2 Å². The maximum Gasteiger partial charge on any atom is 0.223 e. The number of oxazole rings is 1. The molecule has 3 heterocycles. The third-order valence-corrected chi connectivity index (χ3v) is 5.63. The second kappa shape index (κ2) is 9.72. The number of aryl methyl sites for hydroxylation is 1. The number of nitrogens with one attached hydrogen (secondary N) is 1. The number of aromatic nitrogens is 1. The minimum atomic E-state index is -0.341. The van der Waals surface area contributed by atoms with Gasteiger partial charge in [0.15, 0.2) is 11.7 Å². The van der Waals surface area contributed by atoms with Gasteiger partial charge in [-0.05, 0) is 37.8 Å². The Labute approximate surface area is 176 Å². The first-order valence-electron chi connectivity index (χ1n) is 9.31. The fourth-order valence-electron chi connectivity index (χ4n) is 4.15. The molecule has 2 aromatic rings. The summed E-state index contributed by atoms with van der Waals surface area (Å²) in [7, 11) is 1.90. The highest BCUT2D eigenvalue weighted by molar-refractivity contribution is 5.85. The van der Waals surface area contributed by atoms with Crippen LogP contribution in [0, 0.1) is 5.82 Å². The van der Waals surface area contributed by atoms with E-state index in [1.54, 1.807) is 18.2 Å². The summed E-state index contributed by atoms with van der Waals surface area (Å²) in [5.41, 5.74) is 0.389. The van der Waals surface area contributed by atoms with Gasteiger partial charge in [0.2, 0.25) is 5.91 Å². The molecule has 0 spiro atoms. The summed E-state index contributed by atoms with van der Waals surface area (Å²) in [4.78, 5) is 18.6. The number of carbonyl (C=O) groups is 1. The molecule has 2 aliphatic heterocycles. The molecule has 2 atom stereocenters. The Balaban J connectivity index is 0.00000140. The predicted octanol–water partition coefficient (Wildman–Crippen LogP) is 4.00. The van der Waals surface area contributed by atoms with E-state index in [1.807, 2.05) is 11.9 Å². The molecule has 1 N–H and O–H groups in total. The molecule has 0 radical (unpaired) electrons. The van der Waals surface area contributed by atoms with Gasteiger partial charge >= 0.3 is 0 Å². The summed E-state index contributed by atoms with van der Waals surface area (Å²) in [6.07, 6.45) is 6.82. The van der Waals surface area contributed by atoms with Gasteiger partial charge in [0.05, 0.1) is 11.8 Å². The molecule has 5 nitrogen and oxygen atoms in total. The molecule has 1 amide bonds. The summed E-state index contributed by atoms with van der Waals surface area (Å²) in [5.74, 6) is 0.637. The van der Waals surface area contributed by atoms with Gasteiger partial charge in [0.25, 0.3) is 0 Å². The maximum atomic E-state index is 13.8. The lowest BCUT2D eigenvalue weighted by atomic mass is 9.98. The average Bonchev–Trinajstić information content (AvgIpc) is 3.25. The number of hydrogen-bond acceptors (Lipinski definition) is 4. The molecule has 2 unspecified atom stereocenters. The van der Waals surface area contributed by atoms with Gasteiger partial charge in [-0.1, -0.05) is 12.1 Å². The first kappa shape index (κ1) is 22.7. The molecule has 1 aromatic carbocycles. The van der Waals surface area contributed by atoms with Crippen LogP contribution in [0.5, 0.6) is 0 Å². The molecule has 0 saturated carbocycles. The maximum absolute atomic E-state index is 13.8. The number of halogens is 3. The van der Waals surface area contributed by atoms with Gasteiger partial charge < -0.3 is 14.6 Å². The van der Waals surface area contributed by atoms with E-state index in [1.165, 1.54) is 25.1 Å². The minimum absolute atomic E-state index is 0. The predicted molar refractivity (Wildman–Crippen MR) is 110 cm³/mol. The Hall–Kier alpha value is -1.63. The molecular formula is C20H26Cl2FN3O2. The van der Waals surface area contributed by atoms with Crippen molar-refractivity contribution in [3.63, 3.8) is 0 Å². The molecule has 4 rings (SSSR count). The monoisotopic (exact) mass is 429 g/mol. The van der Waals surface area contributed by atoms with Gasteiger partial charge in [0.1, 0.15) is 5.82 Å². The zero-order chi connectivity index (χ0) is 18.1. The minimum Gasteiger partial charge on any atom is -0.441 e. The van der Waals surface area contributed by atoms with E-state index in [-0.39, 0.29) is 36.5 Å². The zero-order valence-corrected chi connectivity index (χ0v) is 17.4. The van der Waals surface area contributed by atoms with E-state index in [0.717, 1.165) is 12.8 Å². The molecule has 8 heteroatoms. The standard InChI is InChI=1S/C20H24FN3O2.2ClH/c1-24(15-10-13-6-7-14(11-15)23-13)20(25)9-8-19-22-12-18(26-19)16-4-2-3-5-17(16)21;;/h2-5,12-15,23H,6-11H2,1H3;2*1H. The number of rotatable bonds is 5. The van der Waals surface area contributed by atoms with E-state index < -0.39 is 0 Å². The summed E-state index contributed by atoms with van der Waals surface area (Å²) in [6, 6.07) is 7.88. The van der Waals surface area contributed by atoms with Crippen molar-refractivity contribution in [1.82, 2.24) is 15.2 Å². The van der Waals surface area contributed by atoms with E-state index in [4.69, 9.17) is 4.42 Å². The van der Waals surface area contributed by atoms with Crippen molar-refractivity contribution in [2.24, 2.45) is 0 Å². The quantitative estimate of drug-likeness (QED) is 0.779. The molecule has 2 saturated heterocycles. The highest BCUT2D eigenvalue weighted by Gasteiger charge is 2.36.